The van der Waals surface area contributed by atoms with Gasteiger partial charge in [0.15, 0.2) is 17.5 Å². The summed E-state index contributed by atoms with van der Waals surface area (Å²) in [6, 6.07) is 5.80. The summed E-state index contributed by atoms with van der Waals surface area (Å²) >= 11 is 0. The van der Waals surface area contributed by atoms with E-state index in [1.54, 1.807) is 26.4 Å². The molecule has 0 atom stereocenters. The van der Waals surface area contributed by atoms with Gasteiger partial charge in [0.2, 0.25) is 0 Å². The number of nitrogens with zero attached hydrogens (tertiary/aromatic N) is 2. The number of likely N-dealkylation sites (tertiary alicyclic amines) is 1. The second-order valence-electron chi connectivity index (χ2n) is 6.45. The first-order chi connectivity index (χ1) is 12.7. The van der Waals surface area contributed by atoms with Crippen LogP contribution in [-0.2, 0) is 11.3 Å². The number of rotatable bonds is 8. The fraction of sp³-hybridized carbons (Fsp3) is 0.632. The molecule has 1 saturated heterocycles. The predicted molar refractivity (Wildman–Crippen MR) is 104 cm³/mol. The fourth-order valence-electron chi connectivity index (χ4n) is 3.04. The van der Waals surface area contributed by atoms with Gasteiger partial charge < -0.3 is 30.1 Å². The van der Waals surface area contributed by atoms with Gasteiger partial charge in [-0.05, 0) is 37.5 Å². The highest BCUT2D eigenvalue weighted by Gasteiger charge is 2.19. The molecule has 0 aromatic heterocycles. The number of aromatic hydroxyl groups is 1. The van der Waals surface area contributed by atoms with Crippen LogP contribution in [0.1, 0.15) is 25.3 Å². The molecule has 1 aromatic carbocycles. The van der Waals surface area contributed by atoms with Gasteiger partial charge in [-0.1, -0.05) is 6.07 Å². The number of hydrogen-bond acceptors (Lipinski definition) is 5. The number of guanidine groups is 1. The maximum atomic E-state index is 9.89. The Morgan fingerprint density at radius 3 is 2.69 bits per heavy atom. The van der Waals surface area contributed by atoms with Gasteiger partial charge in [0.05, 0.1) is 20.3 Å². The summed E-state index contributed by atoms with van der Waals surface area (Å²) in [5.74, 6) is 1.43. The summed E-state index contributed by atoms with van der Waals surface area (Å²) in [6.45, 7) is 7.31. The fourth-order valence-corrected chi connectivity index (χ4v) is 3.04. The van der Waals surface area contributed by atoms with Gasteiger partial charge in [-0.2, -0.15) is 0 Å². The van der Waals surface area contributed by atoms with Crippen LogP contribution >= 0.6 is 0 Å². The highest BCUT2D eigenvalue weighted by atomic mass is 16.5. The van der Waals surface area contributed by atoms with E-state index in [0.717, 1.165) is 57.2 Å². The molecular formula is C19H32N4O3. The molecule has 0 radical (unpaired) electrons. The molecule has 1 aromatic rings. The van der Waals surface area contributed by atoms with Crippen molar-refractivity contribution in [2.24, 2.45) is 4.99 Å². The van der Waals surface area contributed by atoms with Crippen LogP contribution in [-0.4, -0.2) is 69.0 Å². The minimum atomic E-state index is 0.140. The quantitative estimate of drug-likeness (QED) is 0.480. The number of phenolic OH excluding ortho intramolecular Hbond substituents is 1. The summed E-state index contributed by atoms with van der Waals surface area (Å²) in [5.41, 5.74) is 0.940. The van der Waals surface area contributed by atoms with E-state index in [2.05, 4.69) is 27.4 Å². The van der Waals surface area contributed by atoms with Gasteiger partial charge in [-0.25, -0.2) is 4.99 Å². The molecule has 7 heteroatoms. The molecule has 7 nitrogen and oxygen atoms in total. The van der Waals surface area contributed by atoms with Crippen molar-refractivity contribution < 1.29 is 14.6 Å². The zero-order valence-electron chi connectivity index (χ0n) is 16.1. The smallest absolute Gasteiger partial charge is 0.191 e. The van der Waals surface area contributed by atoms with Crippen molar-refractivity contribution in [3.05, 3.63) is 23.8 Å². The van der Waals surface area contributed by atoms with E-state index in [4.69, 9.17) is 9.47 Å². The van der Waals surface area contributed by atoms with Crippen LogP contribution in [0, 0.1) is 0 Å². The summed E-state index contributed by atoms with van der Waals surface area (Å²) in [7, 11) is 3.29. The van der Waals surface area contributed by atoms with E-state index >= 15 is 0 Å². The average molecular weight is 364 g/mol. The Kier molecular flexibility index (Phi) is 8.50. The number of phenols is 1. The normalized spacial score (nSPS) is 16.5. The molecule has 0 unspecified atom stereocenters. The van der Waals surface area contributed by atoms with Crippen LogP contribution < -0.4 is 15.4 Å². The summed E-state index contributed by atoms with van der Waals surface area (Å²) < 4.78 is 10.2. The van der Waals surface area contributed by atoms with Crippen LogP contribution in [0.3, 0.4) is 0 Å². The molecule has 1 heterocycles. The Labute approximate surface area is 156 Å². The van der Waals surface area contributed by atoms with Crippen molar-refractivity contribution >= 4 is 5.96 Å². The van der Waals surface area contributed by atoms with Gasteiger partial charge in [-0.15, -0.1) is 0 Å². The lowest BCUT2D eigenvalue weighted by Crippen LogP contribution is -2.49. The Bertz CT molecular complexity index is 572. The van der Waals surface area contributed by atoms with E-state index in [1.165, 1.54) is 0 Å². The standard InChI is InChI=1S/C19H32N4O3/c1-4-20-19(21-14-15-5-6-18(26-3)17(24)13-15)22-16-7-9-23(10-8-16)11-12-25-2/h5-6,13,16,24H,4,7-12,14H2,1-3H3,(H2,20,21,22). The van der Waals surface area contributed by atoms with Crippen molar-refractivity contribution in [1.29, 1.82) is 0 Å². The summed E-state index contributed by atoms with van der Waals surface area (Å²) in [4.78, 5) is 7.09. The second-order valence-corrected chi connectivity index (χ2v) is 6.45. The highest BCUT2D eigenvalue weighted by molar-refractivity contribution is 5.80. The first-order valence-corrected chi connectivity index (χ1v) is 9.28. The monoisotopic (exact) mass is 364 g/mol. The minimum absolute atomic E-state index is 0.140. The van der Waals surface area contributed by atoms with Gasteiger partial charge in [0.1, 0.15) is 0 Å². The van der Waals surface area contributed by atoms with E-state index < -0.39 is 0 Å². The molecule has 2 rings (SSSR count). The van der Waals surface area contributed by atoms with Crippen molar-refractivity contribution in [2.45, 2.75) is 32.4 Å². The maximum Gasteiger partial charge on any atom is 0.191 e. The van der Waals surface area contributed by atoms with Gasteiger partial charge in [0, 0.05) is 39.3 Å². The molecule has 1 fully saturated rings. The lowest BCUT2D eigenvalue weighted by molar-refractivity contribution is 0.128. The molecule has 0 aliphatic carbocycles. The average Bonchev–Trinajstić information content (AvgIpc) is 2.66. The Morgan fingerprint density at radius 1 is 1.31 bits per heavy atom. The van der Waals surface area contributed by atoms with Crippen molar-refractivity contribution in [1.82, 2.24) is 15.5 Å². The molecule has 146 valence electrons. The SMILES string of the molecule is CCNC(=NCc1ccc(OC)c(O)c1)NC1CCN(CCOC)CC1. The first-order valence-electron chi connectivity index (χ1n) is 9.28. The molecule has 1 aliphatic heterocycles. The third-order valence-electron chi connectivity index (χ3n) is 4.55. The lowest BCUT2D eigenvalue weighted by Gasteiger charge is -2.32. The number of methoxy groups -OCH3 is 2. The summed E-state index contributed by atoms with van der Waals surface area (Å²) in [6.07, 6.45) is 2.19. The Morgan fingerprint density at radius 2 is 2.08 bits per heavy atom. The number of hydrogen-bond donors (Lipinski definition) is 3. The van der Waals surface area contributed by atoms with E-state index in [0.29, 0.717) is 18.3 Å². The van der Waals surface area contributed by atoms with Gasteiger partial charge in [-0.3, -0.25) is 0 Å². The predicted octanol–water partition coefficient (Wildman–Crippen LogP) is 1.57. The topological polar surface area (TPSA) is 78.4 Å². The molecule has 0 spiro atoms. The number of nitrogens with one attached hydrogen (secondary N) is 2. The third-order valence-corrected chi connectivity index (χ3v) is 4.55. The Hall–Kier alpha value is -1.99. The van der Waals surface area contributed by atoms with Crippen molar-refractivity contribution in [2.75, 3.05) is 47.0 Å². The summed E-state index contributed by atoms with van der Waals surface area (Å²) in [5, 5.41) is 16.7. The molecule has 0 bridgehead atoms. The molecule has 1 aliphatic rings. The number of benzene rings is 1. The highest BCUT2D eigenvalue weighted by Crippen LogP contribution is 2.26. The molecule has 0 amide bonds. The zero-order valence-corrected chi connectivity index (χ0v) is 16.1. The molecule has 26 heavy (non-hydrogen) atoms. The van der Waals surface area contributed by atoms with Crippen LogP contribution in [0.25, 0.3) is 0 Å². The van der Waals surface area contributed by atoms with Gasteiger partial charge in [0.25, 0.3) is 0 Å². The lowest BCUT2D eigenvalue weighted by atomic mass is 10.1. The van der Waals surface area contributed by atoms with Gasteiger partial charge >= 0.3 is 0 Å². The van der Waals surface area contributed by atoms with Crippen LogP contribution in [0.4, 0.5) is 0 Å². The van der Waals surface area contributed by atoms with E-state index in [1.807, 2.05) is 6.07 Å². The third kappa shape index (κ3) is 6.38. The van der Waals surface area contributed by atoms with Crippen LogP contribution in [0.5, 0.6) is 11.5 Å². The van der Waals surface area contributed by atoms with Crippen LogP contribution in [0.15, 0.2) is 23.2 Å². The minimum Gasteiger partial charge on any atom is -0.504 e. The maximum absolute atomic E-state index is 9.89. The molecular weight excluding hydrogens is 332 g/mol. The second kappa shape index (κ2) is 10.9. The first kappa shape index (κ1) is 20.3. The Balaban J connectivity index is 1.88. The molecule has 3 N–H and O–H groups in total. The molecule has 0 saturated carbocycles. The van der Waals surface area contributed by atoms with E-state index in [-0.39, 0.29) is 5.75 Å². The van der Waals surface area contributed by atoms with E-state index in [9.17, 15) is 5.11 Å². The van der Waals surface area contributed by atoms with Crippen molar-refractivity contribution in [3.8, 4) is 11.5 Å². The largest absolute Gasteiger partial charge is 0.504 e. The number of ether oxygens (including phenoxy) is 2. The zero-order chi connectivity index (χ0) is 18.8. The van der Waals surface area contributed by atoms with Crippen molar-refractivity contribution in [3.63, 3.8) is 0 Å². The number of piperidine rings is 1. The number of aliphatic imine (C=N–C) groups is 1. The van der Waals surface area contributed by atoms with Crippen LogP contribution in [0.2, 0.25) is 0 Å².